The number of barbiturate groups is 1. The highest BCUT2D eigenvalue weighted by Crippen LogP contribution is 2.30. The number of anilines is 2. The summed E-state index contributed by atoms with van der Waals surface area (Å²) < 4.78 is 6.32. The Morgan fingerprint density at radius 3 is 2.46 bits per heavy atom. The van der Waals surface area contributed by atoms with Gasteiger partial charge in [0.25, 0.3) is 17.7 Å². The molecule has 2 N–H and O–H groups in total. The molecule has 0 spiro atoms. The minimum atomic E-state index is -0.887. The molecule has 1 aliphatic heterocycles. The minimum absolute atomic E-state index is 0.241. The van der Waals surface area contributed by atoms with Crippen molar-refractivity contribution in [2.45, 2.75) is 6.92 Å². The van der Waals surface area contributed by atoms with Crippen LogP contribution < -0.4 is 20.3 Å². The van der Waals surface area contributed by atoms with Crippen molar-refractivity contribution in [1.82, 2.24) is 5.32 Å². The fraction of sp³-hybridized carbons (Fsp3) is 0.0769. The van der Waals surface area contributed by atoms with E-state index in [-0.39, 0.29) is 23.6 Å². The highest BCUT2D eigenvalue weighted by atomic mass is 79.9. The third-order valence-electron chi connectivity index (χ3n) is 5.27. The van der Waals surface area contributed by atoms with Crippen LogP contribution in [-0.2, 0) is 14.4 Å². The second-order valence-corrected chi connectivity index (χ2v) is 9.70. The summed E-state index contributed by atoms with van der Waals surface area (Å²) in [7, 11) is 0. The summed E-state index contributed by atoms with van der Waals surface area (Å²) >= 11 is 15.3. The number of benzene rings is 3. The molecule has 8 nitrogen and oxygen atoms in total. The van der Waals surface area contributed by atoms with Gasteiger partial charge in [0.2, 0.25) is 0 Å². The van der Waals surface area contributed by atoms with E-state index >= 15 is 0 Å². The van der Waals surface area contributed by atoms with Gasteiger partial charge in [-0.15, -0.1) is 0 Å². The van der Waals surface area contributed by atoms with Gasteiger partial charge in [-0.2, -0.15) is 0 Å². The first kappa shape index (κ1) is 26.4. The van der Waals surface area contributed by atoms with E-state index < -0.39 is 23.8 Å². The monoisotopic (exact) mass is 601 g/mol. The fourth-order valence-electron chi connectivity index (χ4n) is 3.49. The van der Waals surface area contributed by atoms with Crippen molar-refractivity contribution in [1.29, 1.82) is 0 Å². The smallest absolute Gasteiger partial charge is 0.335 e. The quantitative estimate of drug-likeness (QED) is 0.276. The Balaban J connectivity index is 1.60. The molecule has 0 atom stereocenters. The third kappa shape index (κ3) is 6.19. The number of rotatable bonds is 6. The lowest BCUT2D eigenvalue weighted by molar-refractivity contribution is -0.122. The van der Waals surface area contributed by atoms with Crippen molar-refractivity contribution in [3.8, 4) is 5.75 Å². The molecule has 0 bridgehead atoms. The van der Waals surface area contributed by atoms with Crippen molar-refractivity contribution < 1.29 is 23.9 Å². The van der Waals surface area contributed by atoms with E-state index in [2.05, 4.69) is 26.6 Å². The first-order valence-electron chi connectivity index (χ1n) is 10.8. The number of urea groups is 1. The van der Waals surface area contributed by atoms with Crippen LogP contribution in [0.2, 0.25) is 10.0 Å². The Kier molecular flexibility index (Phi) is 7.97. The van der Waals surface area contributed by atoms with E-state index in [1.807, 2.05) is 0 Å². The molecule has 1 aliphatic rings. The molecule has 3 aromatic rings. The molecule has 0 aromatic heterocycles. The van der Waals surface area contributed by atoms with E-state index in [4.69, 9.17) is 27.9 Å². The van der Waals surface area contributed by atoms with Crippen LogP contribution in [-0.4, -0.2) is 30.4 Å². The predicted molar refractivity (Wildman–Crippen MR) is 145 cm³/mol. The normalized spacial score (nSPS) is 14.5. The van der Waals surface area contributed by atoms with Gasteiger partial charge in [-0.25, -0.2) is 9.69 Å². The Morgan fingerprint density at radius 2 is 1.73 bits per heavy atom. The number of halogens is 3. The summed E-state index contributed by atoms with van der Waals surface area (Å²) in [6.07, 6.45) is 1.30. The van der Waals surface area contributed by atoms with E-state index in [9.17, 15) is 19.2 Å². The summed E-state index contributed by atoms with van der Waals surface area (Å²) in [5, 5.41) is 5.72. The number of aryl methyl sites for hydroxylation is 1. The molecule has 188 valence electrons. The van der Waals surface area contributed by atoms with Crippen LogP contribution in [0.3, 0.4) is 0 Å². The molecule has 0 unspecified atom stereocenters. The van der Waals surface area contributed by atoms with Gasteiger partial charge in [0.1, 0.15) is 11.3 Å². The highest BCUT2D eigenvalue weighted by Gasteiger charge is 2.37. The van der Waals surface area contributed by atoms with Crippen molar-refractivity contribution in [3.63, 3.8) is 0 Å². The summed E-state index contributed by atoms with van der Waals surface area (Å²) in [5.74, 6) is -1.88. The Morgan fingerprint density at radius 1 is 1.03 bits per heavy atom. The maximum absolute atomic E-state index is 13.3. The highest BCUT2D eigenvalue weighted by molar-refractivity contribution is 9.10. The fourth-order valence-corrected chi connectivity index (χ4v) is 4.16. The standard InChI is InChI=1S/C26H18BrCl2N3O5/c1-14-2-4-18(29)12-21(14)32-25(35)20(24(34)31-26(32)36)11-15-10-16(27)3-9-22(15)37-13-23(33)30-19-7-5-17(28)6-8-19/h2-12H,13H2,1H3,(H,30,33)(H,31,34,36)/b20-11+. The second kappa shape index (κ2) is 11.2. The predicted octanol–water partition coefficient (Wildman–Crippen LogP) is 5.75. The van der Waals surface area contributed by atoms with Gasteiger partial charge in [-0.3, -0.25) is 19.7 Å². The SMILES string of the molecule is Cc1ccc(Cl)cc1N1C(=O)NC(=O)/C(=C\c2cc(Br)ccc2OCC(=O)Nc2ccc(Cl)cc2)C1=O. The molecule has 11 heteroatoms. The molecule has 3 aromatic carbocycles. The summed E-state index contributed by atoms with van der Waals surface area (Å²) in [4.78, 5) is 51.7. The van der Waals surface area contributed by atoms with Crippen molar-refractivity contribution in [2.75, 3.05) is 16.8 Å². The summed E-state index contributed by atoms with van der Waals surface area (Å²) in [5.41, 5.74) is 1.44. The largest absolute Gasteiger partial charge is 0.483 e. The van der Waals surface area contributed by atoms with Crippen molar-refractivity contribution in [2.24, 2.45) is 0 Å². The zero-order chi connectivity index (χ0) is 26.7. The van der Waals surface area contributed by atoms with Crippen LogP contribution in [0.1, 0.15) is 11.1 Å². The Hall–Kier alpha value is -3.66. The summed E-state index contributed by atoms with van der Waals surface area (Å²) in [6.45, 7) is 1.37. The van der Waals surface area contributed by atoms with Gasteiger partial charge in [0.05, 0.1) is 5.69 Å². The number of hydrogen-bond donors (Lipinski definition) is 2. The lowest BCUT2D eigenvalue weighted by atomic mass is 10.0. The minimum Gasteiger partial charge on any atom is -0.483 e. The van der Waals surface area contributed by atoms with Crippen LogP contribution in [0, 0.1) is 6.92 Å². The molecule has 4 rings (SSSR count). The van der Waals surface area contributed by atoms with E-state index in [1.54, 1.807) is 61.5 Å². The first-order chi connectivity index (χ1) is 17.6. The zero-order valence-corrected chi connectivity index (χ0v) is 22.3. The first-order valence-corrected chi connectivity index (χ1v) is 12.3. The molecule has 0 radical (unpaired) electrons. The molecule has 5 amide bonds. The van der Waals surface area contributed by atoms with E-state index in [0.717, 1.165) is 4.90 Å². The van der Waals surface area contributed by atoms with Crippen molar-refractivity contribution in [3.05, 3.63) is 91.9 Å². The number of amides is 5. The number of nitrogens with zero attached hydrogens (tertiary/aromatic N) is 1. The molecule has 1 saturated heterocycles. The molecule has 0 aliphatic carbocycles. The van der Waals surface area contributed by atoms with E-state index in [0.29, 0.717) is 31.3 Å². The number of nitrogens with one attached hydrogen (secondary N) is 2. The second-order valence-electron chi connectivity index (χ2n) is 7.91. The average molecular weight is 603 g/mol. The maximum atomic E-state index is 13.3. The average Bonchev–Trinajstić information content (AvgIpc) is 2.84. The summed E-state index contributed by atoms with van der Waals surface area (Å²) in [6, 6.07) is 15.3. The van der Waals surface area contributed by atoms with Gasteiger partial charge in [0.15, 0.2) is 6.61 Å². The van der Waals surface area contributed by atoms with E-state index in [1.165, 1.54) is 12.1 Å². The van der Waals surface area contributed by atoms with Crippen LogP contribution >= 0.6 is 39.1 Å². The molecular formula is C26H18BrCl2N3O5. The third-order valence-corrected chi connectivity index (χ3v) is 6.25. The molecule has 1 heterocycles. The number of imide groups is 2. The van der Waals surface area contributed by atoms with Crippen LogP contribution in [0.15, 0.2) is 70.7 Å². The molecule has 0 saturated carbocycles. The van der Waals surface area contributed by atoms with Gasteiger partial charge in [-0.05, 0) is 73.2 Å². The van der Waals surface area contributed by atoms with Crippen LogP contribution in [0.25, 0.3) is 6.08 Å². The van der Waals surface area contributed by atoms with Gasteiger partial charge >= 0.3 is 6.03 Å². The Labute approximate surface area is 230 Å². The number of carbonyl (C=O) groups excluding carboxylic acids is 4. The zero-order valence-electron chi connectivity index (χ0n) is 19.2. The Bertz CT molecular complexity index is 1460. The van der Waals surface area contributed by atoms with Crippen molar-refractivity contribution >= 4 is 80.3 Å². The van der Waals surface area contributed by atoms with Gasteiger partial charge in [-0.1, -0.05) is 45.2 Å². The molecular weight excluding hydrogens is 585 g/mol. The number of hydrogen-bond acceptors (Lipinski definition) is 5. The molecule has 37 heavy (non-hydrogen) atoms. The maximum Gasteiger partial charge on any atom is 0.335 e. The molecule has 1 fully saturated rings. The number of carbonyl (C=O) groups is 4. The van der Waals surface area contributed by atoms with Crippen LogP contribution in [0.5, 0.6) is 5.75 Å². The van der Waals surface area contributed by atoms with Gasteiger partial charge < -0.3 is 10.1 Å². The topological polar surface area (TPSA) is 105 Å². The van der Waals surface area contributed by atoms with Crippen LogP contribution in [0.4, 0.5) is 16.2 Å². The lowest BCUT2D eigenvalue weighted by Crippen LogP contribution is -2.54. The number of ether oxygens (including phenoxy) is 1. The lowest BCUT2D eigenvalue weighted by Gasteiger charge is -2.27. The van der Waals surface area contributed by atoms with Gasteiger partial charge in [0, 0.05) is 25.8 Å².